The van der Waals surface area contributed by atoms with Gasteiger partial charge in [-0.25, -0.2) is 14.2 Å². The fourth-order valence-corrected chi connectivity index (χ4v) is 4.77. The van der Waals surface area contributed by atoms with Crippen molar-refractivity contribution in [2.75, 3.05) is 37.9 Å². The molecule has 2 heterocycles. The van der Waals surface area contributed by atoms with Crippen LogP contribution in [0.2, 0.25) is 0 Å². The van der Waals surface area contributed by atoms with Crippen LogP contribution in [0.1, 0.15) is 26.3 Å². The Balaban J connectivity index is 1.72. The number of rotatable bonds is 7. The molecule has 1 aliphatic carbocycles. The van der Waals surface area contributed by atoms with Gasteiger partial charge < -0.3 is 20.1 Å². The second-order valence-corrected chi connectivity index (χ2v) is 11.0. The van der Waals surface area contributed by atoms with Crippen molar-refractivity contribution in [1.82, 2.24) is 14.9 Å². The van der Waals surface area contributed by atoms with E-state index in [0.717, 1.165) is 5.56 Å². The Hall–Kier alpha value is -3.63. The summed E-state index contributed by atoms with van der Waals surface area (Å²) in [7, 11) is 3.85. The number of fused-ring (bicyclic) bond motifs is 1. The van der Waals surface area contributed by atoms with Crippen molar-refractivity contribution in [3.8, 4) is 11.1 Å². The highest BCUT2D eigenvalue weighted by Crippen LogP contribution is 2.47. The van der Waals surface area contributed by atoms with Gasteiger partial charge in [-0.15, -0.1) is 0 Å². The molecule has 2 aromatic heterocycles. The summed E-state index contributed by atoms with van der Waals surface area (Å²) in [6.07, 6.45) is 3.80. The number of hydrogen-bond donors (Lipinski definition) is 3. The van der Waals surface area contributed by atoms with E-state index in [2.05, 4.69) is 20.6 Å². The first-order valence-corrected chi connectivity index (χ1v) is 12.5. The lowest BCUT2D eigenvalue weighted by Crippen LogP contribution is -2.27. The number of hydrogen-bond acceptors (Lipinski definition) is 7. The van der Waals surface area contributed by atoms with E-state index < -0.39 is 17.5 Å². The van der Waals surface area contributed by atoms with Crippen LogP contribution in [-0.4, -0.2) is 64.8 Å². The first-order valence-electron chi connectivity index (χ1n) is 12.5. The Morgan fingerprint density at radius 3 is 2.50 bits per heavy atom. The fourth-order valence-electron chi connectivity index (χ4n) is 4.77. The average molecular weight is 524 g/mol. The molecule has 202 valence electrons. The van der Waals surface area contributed by atoms with E-state index in [1.54, 1.807) is 51.4 Å². The van der Waals surface area contributed by atoms with Crippen molar-refractivity contribution < 1.29 is 23.8 Å². The van der Waals surface area contributed by atoms with Crippen molar-refractivity contribution in [2.45, 2.75) is 33.3 Å². The molecule has 1 fully saturated rings. The molecule has 9 nitrogen and oxygen atoms in total. The van der Waals surface area contributed by atoms with Crippen LogP contribution in [0, 0.1) is 30.5 Å². The smallest absolute Gasteiger partial charge is 0.412 e. The first-order chi connectivity index (χ1) is 17.9. The molecule has 1 aliphatic rings. The monoisotopic (exact) mass is 523 g/mol. The van der Waals surface area contributed by atoms with Gasteiger partial charge in [0.25, 0.3) is 0 Å². The molecule has 3 N–H and O–H groups in total. The lowest BCUT2D eigenvalue weighted by Gasteiger charge is -2.21. The third-order valence-corrected chi connectivity index (χ3v) is 6.59. The van der Waals surface area contributed by atoms with Gasteiger partial charge in [0.05, 0.1) is 5.69 Å². The average Bonchev–Trinajstić information content (AvgIpc) is 3.51. The zero-order chi connectivity index (χ0) is 27.8. The van der Waals surface area contributed by atoms with Gasteiger partial charge in [0.2, 0.25) is 5.91 Å². The van der Waals surface area contributed by atoms with Gasteiger partial charge >= 0.3 is 6.09 Å². The third-order valence-electron chi connectivity index (χ3n) is 6.59. The van der Waals surface area contributed by atoms with Crippen LogP contribution in [0.3, 0.4) is 0 Å². The molecular formula is C28H34FN5O4. The predicted octanol–water partition coefficient (Wildman–Crippen LogP) is 4.45. The number of nitrogens with one attached hydrogen (secondary N) is 2. The zero-order valence-electron chi connectivity index (χ0n) is 22.5. The second-order valence-electron chi connectivity index (χ2n) is 11.0. The summed E-state index contributed by atoms with van der Waals surface area (Å²) >= 11 is 0. The van der Waals surface area contributed by atoms with Crippen molar-refractivity contribution in [3.63, 3.8) is 0 Å². The molecule has 38 heavy (non-hydrogen) atoms. The number of aromatic nitrogens is 2. The van der Waals surface area contributed by atoms with Crippen LogP contribution >= 0.6 is 0 Å². The van der Waals surface area contributed by atoms with Gasteiger partial charge in [-0.3, -0.25) is 15.1 Å². The Kier molecular flexibility index (Phi) is 7.66. The topological polar surface area (TPSA) is 117 Å². The fraction of sp³-hybridized carbons (Fsp3) is 0.429. The molecule has 2 amide bonds. The van der Waals surface area contributed by atoms with E-state index in [9.17, 15) is 14.7 Å². The van der Waals surface area contributed by atoms with E-state index in [4.69, 9.17) is 4.74 Å². The largest absolute Gasteiger partial charge is 0.444 e. The van der Waals surface area contributed by atoms with Gasteiger partial charge in [-0.05, 0) is 82.8 Å². The maximum atomic E-state index is 15.9. The van der Waals surface area contributed by atoms with Gasteiger partial charge in [-0.1, -0.05) is 0 Å². The number of ether oxygens (including phenoxy) is 1. The molecule has 0 spiro atoms. The number of benzene rings is 1. The number of nitrogens with zero attached hydrogens (tertiary/aromatic N) is 3. The van der Waals surface area contributed by atoms with E-state index in [0.29, 0.717) is 28.7 Å². The summed E-state index contributed by atoms with van der Waals surface area (Å²) in [6.45, 7) is 7.64. The van der Waals surface area contributed by atoms with Gasteiger partial charge in [0.15, 0.2) is 5.82 Å². The van der Waals surface area contributed by atoms with Crippen LogP contribution in [-0.2, 0) is 9.53 Å². The Morgan fingerprint density at radius 1 is 1.13 bits per heavy atom. The van der Waals surface area contributed by atoms with Gasteiger partial charge in [-0.2, -0.15) is 0 Å². The van der Waals surface area contributed by atoms with Crippen LogP contribution in [0.4, 0.5) is 20.7 Å². The number of aliphatic hydroxyl groups excluding tert-OH is 1. The van der Waals surface area contributed by atoms with E-state index in [1.807, 2.05) is 25.9 Å². The summed E-state index contributed by atoms with van der Waals surface area (Å²) in [5, 5.41) is 16.0. The highest BCUT2D eigenvalue weighted by Gasteiger charge is 2.54. The molecule has 0 saturated heterocycles. The minimum atomic E-state index is -0.800. The molecule has 10 heteroatoms. The SMILES string of the molecule is Cc1ccncc1-c1cc2cc(NC(=O)[C@@H]3[C@@H](CO)[C@@H]3CN(C)C)ncc2c(NC(=O)OC(C)(C)C)c1F. The molecule has 0 radical (unpaired) electrons. The number of pyridine rings is 2. The zero-order valence-corrected chi connectivity index (χ0v) is 22.5. The summed E-state index contributed by atoms with van der Waals surface area (Å²) in [6, 6.07) is 5.06. The summed E-state index contributed by atoms with van der Waals surface area (Å²) < 4.78 is 21.2. The molecule has 1 saturated carbocycles. The minimum Gasteiger partial charge on any atom is -0.444 e. The van der Waals surface area contributed by atoms with Crippen LogP contribution < -0.4 is 10.6 Å². The maximum Gasteiger partial charge on any atom is 0.412 e. The number of carbonyl (C=O) groups excluding carboxylic acids is 2. The predicted molar refractivity (Wildman–Crippen MR) is 144 cm³/mol. The molecule has 3 aromatic rings. The van der Waals surface area contributed by atoms with Crippen molar-refractivity contribution in [3.05, 3.63) is 48.2 Å². The highest BCUT2D eigenvalue weighted by molar-refractivity contribution is 6.04. The number of halogens is 1. The second kappa shape index (κ2) is 10.6. The van der Waals surface area contributed by atoms with Crippen molar-refractivity contribution in [2.24, 2.45) is 17.8 Å². The maximum absolute atomic E-state index is 15.9. The number of aryl methyl sites for hydroxylation is 1. The number of anilines is 2. The molecule has 0 bridgehead atoms. The van der Waals surface area contributed by atoms with Crippen LogP contribution in [0.25, 0.3) is 21.9 Å². The highest BCUT2D eigenvalue weighted by atomic mass is 19.1. The van der Waals surface area contributed by atoms with Crippen LogP contribution in [0.5, 0.6) is 0 Å². The van der Waals surface area contributed by atoms with Crippen LogP contribution in [0.15, 0.2) is 36.8 Å². The molecule has 1 aromatic carbocycles. The standard InChI is InChI=1S/C28H34FN5O4/c1-15-7-8-30-11-18(15)17-9-16-10-22(32-26(36)23-20(13-34(5)6)21(23)14-35)31-12-19(16)25(24(17)29)33-27(37)38-28(2,3)4/h7-12,20-21,23,35H,13-14H2,1-6H3,(H,33,37)(H,31,32,36)/t20-,21-,23-/m0/s1. The molecule has 4 rings (SSSR count). The molecular weight excluding hydrogens is 489 g/mol. The minimum absolute atomic E-state index is 0.0610. The normalized spacial score (nSPS) is 18.9. The quantitative estimate of drug-likeness (QED) is 0.419. The van der Waals surface area contributed by atoms with Crippen molar-refractivity contribution >= 4 is 34.3 Å². The molecule has 0 unspecified atom stereocenters. The van der Waals surface area contributed by atoms with Crippen molar-refractivity contribution in [1.29, 1.82) is 0 Å². The summed E-state index contributed by atoms with van der Waals surface area (Å²) in [5.74, 6) is -0.927. The number of carbonyl (C=O) groups is 2. The first kappa shape index (κ1) is 27.4. The Morgan fingerprint density at radius 2 is 1.87 bits per heavy atom. The van der Waals surface area contributed by atoms with Gasteiger partial charge in [0, 0.05) is 54.2 Å². The lowest BCUT2D eigenvalue weighted by molar-refractivity contribution is -0.118. The molecule has 3 atom stereocenters. The Labute approximate surface area is 221 Å². The van der Waals surface area contributed by atoms with Gasteiger partial charge in [0.1, 0.15) is 11.4 Å². The molecule has 0 aliphatic heterocycles. The number of aliphatic hydroxyl groups is 1. The third kappa shape index (κ3) is 5.92. The summed E-state index contributed by atoms with van der Waals surface area (Å²) in [5.41, 5.74) is 0.764. The van der Waals surface area contributed by atoms with E-state index in [1.165, 1.54) is 6.20 Å². The Bertz CT molecular complexity index is 1370. The lowest BCUT2D eigenvalue weighted by atomic mass is 9.98. The van der Waals surface area contributed by atoms with E-state index >= 15 is 4.39 Å². The summed E-state index contributed by atoms with van der Waals surface area (Å²) in [4.78, 5) is 36.0. The van der Waals surface area contributed by atoms with E-state index in [-0.39, 0.29) is 41.5 Å². The number of amides is 2.